The lowest BCUT2D eigenvalue weighted by Crippen LogP contribution is -2.48. The number of hydrogen-bond donors (Lipinski definition) is 1. The highest BCUT2D eigenvalue weighted by atomic mass is 15.2. The number of nitrogens with one attached hydrogen (secondary N) is 1. The maximum Gasteiger partial charge on any atom is 0.0215 e. The zero-order chi connectivity index (χ0) is 6.69. The van der Waals surface area contributed by atoms with E-state index in [2.05, 4.69) is 24.2 Å². The van der Waals surface area contributed by atoms with Gasteiger partial charge >= 0.3 is 0 Å². The van der Waals surface area contributed by atoms with Crippen molar-refractivity contribution in [2.45, 2.75) is 19.4 Å². The van der Waals surface area contributed by atoms with Crippen molar-refractivity contribution in [3.8, 4) is 0 Å². The van der Waals surface area contributed by atoms with Gasteiger partial charge in [0.05, 0.1) is 0 Å². The Labute approximate surface area is 58.7 Å². The first-order chi connectivity index (χ1) is 4.34. The van der Waals surface area contributed by atoms with Crippen LogP contribution in [0.5, 0.6) is 0 Å². The molecular weight excluding hydrogens is 112 g/mol. The van der Waals surface area contributed by atoms with E-state index in [1.54, 1.807) is 0 Å². The molecule has 1 saturated heterocycles. The van der Waals surface area contributed by atoms with E-state index < -0.39 is 0 Å². The molecule has 2 nitrogen and oxygen atoms in total. The Morgan fingerprint density at radius 1 is 1.78 bits per heavy atom. The molecule has 2 heteroatoms. The number of hydrogen-bond acceptors (Lipinski definition) is 2. The minimum absolute atomic E-state index is 0. The Morgan fingerprint density at radius 3 is 3.00 bits per heavy atom. The third-order valence-corrected chi connectivity index (χ3v) is 2.12. The zero-order valence-electron chi connectivity index (χ0n) is 6.35. The second-order valence-corrected chi connectivity index (χ2v) is 2.75. The van der Waals surface area contributed by atoms with Crippen LogP contribution in [0.15, 0.2) is 0 Å². The van der Waals surface area contributed by atoms with Crippen molar-refractivity contribution in [2.75, 3.05) is 26.7 Å². The van der Waals surface area contributed by atoms with Crippen molar-refractivity contribution < 1.29 is 1.43 Å². The summed E-state index contributed by atoms with van der Waals surface area (Å²) in [5.41, 5.74) is 0. The normalized spacial score (nSPS) is 30.7. The van der Waals surface area contributed by atoms with Gasteiger partial charge < -0.3 is 10.2 Å². The average molecular weight is 130 g/mol. The van der Waals surface area contributed by atoms with E-state index in [1.807, 2.05) is 0 Å². The lowest BCUT2D eigenvalue weighted by molar-refractivity contribution is 0.195. The molecule has 1 aliphatic heterocycles. The summed E-state index contributed by atoms with van der Waals surface area (Å²) in [6.07, 6.45) is 1.27. The van der Waals surface area contributed by atoms with Crippen LogP contribution in [0.25, 0.3) is 0 Å². The molecule has 0 amide bonds. The van der Waals surface area contributed by atoms with Crippen molar-refractivity contribution in [2.24, 2.45) is 0 Å². The van der Waals surface area contributed by atoms with Crippen LogP contribution in [0, 0.1) is 0 Å². The summed E-state index contributed by atoms with van der Waals surface area (Å²) < 4.78 is 0. The maximum absolute atomic E-state index is 3.37. The van der Waals surface area contributed by atoms with Crippen LogP contribution in [0.1, 0.15) is 14.8 Å². The first-order valence-electron chi connectivity index (χ1n) is 3.75. The topological polar surface area (TPSA) is 15.3 Å². The first-order valence-corrected chi connectivity index (χ1v) is 3.75. The van der Waals surface area contributed by atoms with Gasteiger partial charge in [-0.1, -0.05) is 6.92 Å². The fourth-order valence-electron chi connectivity index (χ4n) is 1.32. The van der Waals surface area contributed by atoms with Gasteiger partial charge in [0.15, 0.2) is 0 Å². The van der Waals surface area contributed by atoms with Crippen molar-refractivity contribution in [1.29, 1.82) is 0 Å². The standard InChI is InChI=1S/C7H16N2.H2/c1-3-7-6-8-4-5-9(7)2;/h7-8H,3-6H2,1-2H3;1H/t7-;/m1./s1. The van der Waals surface area contributed by atoms with Crippen LogP contribution < -0.4 is 5.32 Å². The Balaban J connectivity index is 0.000000810. The monoisotopic (exact) mass is 130 g/mol. The molecule has 0 spiro atoms. The lowest BCUT2D eigenvalue weighted by Gasteiger charge is -2.32. The molecule has 0 aromatic carbocycles. The number of piperazine rings is 1. The third kappa shape index (κ3) is 1.66. The molecule has 0 aliphatic carbocycles. The van der Waals surface area contributed by atoms with E-state index in [1.165, 1.54) is 19.5 Å². The van der Waals surface area contributed by atoms with Gasteiger partial charge in [-0.15, -0.1) is 0 Å². The van der Waals surface area contributed by atoms with E-state index in [9.17, 15) is 0 Å². The van der Waals surface area contributed by atoms with Crippen LogP contribution >= 0.6 is 0 Å². The van der Waals surface area contributed by atoms with Gasteiger partial charge in [-0.2, -0.15) is 0 Å². The van der Waals surface area contributed by atoms with E-state index >= 15 is 0 Å². The molecule has 1 fully saturated rings. The van der Waals surface area contributed by atoms with Crippen LogP contribution in [-0.4, -0.2) is 37.6 Å². The van der Waals surface area contributed by atoms with Gasteiger partial charge in [-0.25, -0.2) is 0 Å². The zero-order valence-corrected chi connectivity index (χ0v) is 6.35. The Kier molecular flexibility index (Phi) is 2.49. The van der Waals surface area contributed by atoms with E-state index in [0.29, 0.717) is 0 Å². The van der Waals surface area contributed by atoms with Crippen LogP contribution in [0.3, 0.4) is 0 Å². The van der Waals surface area contributed by atoms with Gasteiger partial charge in [0.2, 0.25) is 0 Å². The highest BCUT2D eigenvalue weighted by Crippen LogP contribution is 2.02. The average Bonchev–Trinajstić information content (AvgIpc) is 1.89. The van der Waals surface area contributed by atoms with Crippen LogP contribution in [-0.2, 0) is 0 Å². The molecule has 0 aromatic heterocycles. The summed E-state index contributed by atoms with van der Waals surface area (Å²) in [7, 11) is 2.20. The molecule has 0 unspecified atom stereocenters. The molecule has 1 heterocycles. The van der Waals surface area contributed by atoms with Gasteiger partial charge in [0, 0.05) is 27.1 Å². The number of likely N-dealkylation sites (N-methyl/N-ethyl adjacent to an activating group) is 1. The second kappa shape index (κ2) is 3.18. The molecule has 9 heavy (non-hydrogen) atoms. The van der Waals surface area contributed by atoms with Crippen LogP contribution in [0.4, 0.5) is 0 Å². The largest absolute Gasteiger partial charge is 0.314 e. The minimum Gasteiger partial charge on any atom is -0.314 e. The SMILES string of the molecule is CC[C@@H]1CNCCN1C.[HH]. The van der Waals surface area contributed by atoms with E-state index in [4.69, 9.17) is 0 Å². The third-order valence-electron chi connectivity index (χ3n) is 2.12. The molecule has 0 saturated carbocycles. The minimum atomic E-state index is 0. The quantitative estimate of drug-likeness (QED) is 0.557. The molecule has 1 N–H and O–H groups in total. The second-order valence-electron chi connectivity index (χ2n) is 2.75. The number of rotatable bonds is 1. The smallest absolute Gasteiger partial charge is 0.0215 e. The van der Waals surface area contributed by atoms with E-state index in [0.717, 1.165) is 12.6 Å². The molecule has 1 aliphatic rings. The van der Waals surface area contributed by atoms with E-state index in [-0.39, 0.29) is 1.43 Å². The molecule has 0 radical (unpaired) electrons. The Morgan fingerprint density at radius 2 is 2.56 bits per heavy atom. The summed E-state index contributed by atoms with van der Waals surface area (Å²) in [5, 5.41) is 3.37. The lowest BCUT2D eigenvalue weighted by atomic mass is 10.1. The first kappa shape index (κ1) is 7.03. The highest BCUT2D eigenvalue weighted by molar-refractivity contribution is 4.75. The van der Waals surface area contributed by atoms with Crippen LogP contribution in [0.2, 0.25) is 0 Å². The van der Waals surface area contributed by atoms with Gasteiger partial charge in [-0.3, -0.25) is 0 Å². The summed E-state index contributed by atoms with van der Waals surface area (Å²) in [5.74, 6) is 0. The van der Waals surface area contributed by atoms with Crippen molar-refractivity contribution >= 4 is 0 Å². The molecular formula is C7H18N2. The Hall–Kier alpha value is -0.0800. The fraction of sp³-hybridized carbons (Fsp3) is 1.00. The van der Waals surface area contributed by atoms with Gasteiger partial charge in [-0.05, 0) is 13.5 Å². The summed E-state index contributed by atoms with van der Waals surface area (Å²) >= 11 is 0. The van der Waals surface area contributed by atoms with Crippen molar-refractivity contribution in [1.82, 2.24) is 10.2 Å². The van der Waals surface area contributed by atoms with Gasteiger partial charge in [0.25, 0.3) is 0 Å². The predicted octanol–water partition coefficient (Wildman–Crippen LogP) is 0.546. The van der Waals surface area contributed by atoms with Crippen molar-refractivity contribution in [3.63, 3.8) is 0 Å². The molecule has 0 aromatic rings. The van der Waals surface area contributed by atoms with Crippen molar-refractivity contribution in [3.05, 3.63) is 0 Å². The molecule has 1 rings (SSSR count). The fourth-order valence-corrected chi connectivity index (χ4v) is 1.32. The number of nitrogens with zero attached hydrogens (tertiary/aromatic N) is 1. The molecule has 56 valence electrons. The molecule has 0 bridgehead atoms. The summed E-state index contributed by atoms with van der Waals surface area (Å²) in [6.45, 7) is 5.78. The summed E-state index contributed by atoms with van der Waals surface area (Å²) in [6, 6.07) is 0.777. The predicted molar refractivity (Wildman–Crippen MR) is 41.7 cm³/mol. The van der Waals surface area contributed by atoms with Gasteiger partial charge in [0.1, 0.15) is 0 Å². The summed E-state index contributed by atoms with van der Waals surface area (Å²) in [4.78, 5) is 2.43. The molecule has 1 atom stereocenters. The Bertz CT molecular complexity index is 87.7. The maximum atomic E-state index is 3.37. The highest BCUT2D eigenvalue weighted by Gasteiger charge is 2.15.